The molecule has 0 bridgehead atoms. The van der Waals surface area contributed by atoms with Crippen LogP contribution < -0.4 is 46.6 Å². The van der Waals surface area contributed by atoms with Crippen LogP contribution in [0.15, 0.2) is 123 Å². The Bertz CT molecular complexity index is 6470. The quantitative estimate of drug-likeness (QED) is 0.0324. The van der Waals surface area contributed by atoms with Crippen LogP contribution >= 0.6 is 11.6 Å². The molecule has 8 fully saturated rings. The number of fused-ring (bicyclic) bond motifs is 4. The molecule has 4 atom stereocenters. The van der Waals surface area contributed by atoms with E-state index in [9.17, 15) is 65.5 Å². The third-order valence-corrected chi connectivity index (χ3v) is 23.9. The molecule has 5 aliphatic carbocycles. The fourth-order valence-corrected chi connectivity index (χ4v) is 16.4. The van der Waals surface area contributed by atoms with Gasteiger partial charge in [0.05, 0.1) is 113 Å². The molecule has 3 aliphatic heterocycles. The van der Waals surface area contributed by atoms with Gasteiger partial charge < -0.3 is 68.8 Å². The first-order chi connectivity index (χ1) is 66.3. The average Bonchev–Trinajstić information content (AvgIpc) is 1.71. The monoisotopic (exact) mass is 1930 g/mol. The normalized spacial score (nSPS) is 17.9. The predicted molar refractivity (Wildman–Crippen MR) is 502 cm³/mol. The molecular formula is C95H106ClF4N27O12. The summed E-state index contributed by atoms with van der Waals surface area (Å²) in [5.74, 6) is -3.32. The molecule has 5 saturated carbocycles. The molecule has 4 unspecified atom stereocenters. The highest BCUT2D eigenvalue weighted by atomic mass is 35.5. The van der Waals surface area contributed by atoms with Crippen LogP contribution in [0, 0.1) is 74.6 Å². The Labute approximate surface area is 799 Å². The Kier molecular flexibility index (Phi) is 29.1. The van der Waals surface area contributed by atoms with Crippen molar-refractivity contribution in [2.75, 3.05) is 81.8 Å². The second kappa shape index (κ2) is 41.4. The van der Waals surface area contributed by atoms with Crippen molar-refractivity contribution in [3.63, 3.8) is 0 Å². The molecule has 6 N–H and O–H groups in total. The first-order valence-corrected chi connectivity index (χ1v) is 46.4. The minimum atomic E-state index is -0.612. The van der Waals surface area contributed by atoms with Gasteiger partial charge in [0.2, 0.25) is 17.7 Å². The van der Waals surface area contributed by atoms with Crippen LogP contribution in [-0.4, -0.2) is 228 Å². The van der Waals surface area contributed by atoms with Crippen molar-refractivity contribution in [2.45, 2.75) is 194 Å². The Morgan fingerprint density at radius 2 is 0.691 bits per heavy atom. The number of halogens is 5. The molecule has 12 aromatic rings. The number of nitrogens with one attached hydrogen (secondary N) is 6. The van der Waals surface area contributed by atoms with Crippen LogP contribution in [-0.2, 0) is 28.7 Å². The number of ketones is 1. The van der Waals surface area contributed by atoms with Crippen molar-refractivity contribution in [1.82, 2.24) is 97.8 Å². The number of imidazole rings is 4. The molecule has 44 heteroatoms. The number of nitrogens with zero attached hydrogens (tertiary/aromatic N) is 21. The molecule has 139 heavy (non-hydrogen) atoms. The molecule has 0 radical (unpaired) electrons. The van der Waals surface area contributed by atoms with Crippen LogP contribution in [0.5, 0.6) is 0 Å². The van der Waals surface area contributed by atoms with Gasteiger partial charge in [-0.3, -0.25) is 53.1 Å². The summed E-state index contributed by atoms with van der Waals surface area (Å²) in [6, 6.07) is 6.33. The third-order valence-electron chi connectivity index (χ3n) is 23.7. The van der Waals surface area contributed by atoms with E-state index in [2.05, 4.69) is 91.7 Å². The molecule has 728 valence electrons. The highest BCUT2D eigenvalue weighted by molar-refractivity contribution is 6.29. The zero-order chi connectivity index (χ0) is 98.6. The van der Waals surface area contributed by atoms with Gasteiger partial charge in [0.1, 0.15) is 44.9 Å². The van der Waals surface area contributed by atoms with E-state index in [0.29, 0.717) is 128 Å². The van der Waals surface area contributed by atoms with E-state index in [1.165, 1.54) is 122 Å². The largest absolute Gasteiger partial charge is 0.444 e. The lowest BCUT2D eigenvalue weighted by atomic mass is 10.1. The zero-order valence-corrected chi connectivity index (χ0v) is 79.0. The molecule has 12 aromatic heterocycles. The number of aromatic nitrogens is 16. The summed E-state index contributed by atoms with van der Waals surface area (Å²) in [4.78, 5) is 182. The Balaban J connectivity index is 0.000000128. The second-order valence-electron chi connectivity index (χ2n) is 37.7. The average molecular weight is 1930 g/mol. The van der Waals surface area contributed by atoms with E-state index in [0.717, 1.165) is 51.4 Å². The van der Waals surface area contributed by atoms with Crippen LogP contribution in [0.25, 0.3) is 22.6 Å². The Morgan fingerprint density at radius 3 is 0.964 bits per heavy atom. The molecule has 3 saturated heterocycles. The summed E-state index contributed by atoms with van der Waals surface area (Å²) < 4.78 is 73.6. The standard InChI is InChI=1S/C26H30FN7O4.2C21H22FN7O2.C14H23NO3.C13H9ClFN5O/c1-15-12-32-14-17(9-19(27)22(32)30-15)31-23(35)20-10-29-21(11-28-20)33-8-7-16(24(33)36)13-34(18-5-6-18)25(37)38-26(2,3)4;2*1-12-10-28-11-15(6-16(22)19(28)26-12)27-20(30)17-8-25-18(9-24-17)29-5-4-13(21(29)31)7-23-14-2-3-14;1-14(2,3)18-13(17)15(11-7-8-11)9-10-5-4-6-12(10)16;1-7-5-20-6-8(2-9(15)12(20)18-7)19-13(21)10-3-17-11(14)4-16-10/h9-12,14,16,18H,5-8,13H2,1-4H3,(H,31,35);2*6,8-11,13-14,23H,2-5,7H2,1H3,(H,27,30);10-11H,4-9H2,1-3H3;2-6H,1H3,(H,19,21). The molecule has 0 spiro atoms. The van der Waals surface area contributed by atoms with Gasteiger partial charge in [-0.1, -0.05) is 11.6 Å². The number of Topliss-reactive ketones (excluding diaryl/α,β-unsaturated/α-hetero) is 1. The van der Waals surface area contributed by atoms with E-state index in [1.54, 1.807) is 96.9 Å². The number of hydrogen-bond acceptors (Lipinski definition) is 26. The summed E-state index contributed by atoms with van der Waals surface area (Å²) >= 11 is 5.60. The smallest absolute Gasteiger partial charge is 0.410 e. The molecule has 9 amide bonds. The van der Waals surface area contributed by atoms with Gasteiger partial charge in [-0.15, -0.1) is 0 Å². The van der Waals surface area contributed by atoms with E-state index >= 15 is 0 Å². The summed E-state index contributed by atoms with van der Waals surface area (Å²) in [7, 11) is 0. The maximum absolute atomic E-state index is 14.3. The molecule has 39 nitrogen and oxygen atoms in total. The second-order valence-corrected chi connectivity index (χ2v) is 38.0. The van der Waals surface area contributed by atoms with Crippen molar-refractivity contribution < 1.29 is 75.0 Å². The van der Waals surface area contributed by atoms with Gasteiger partial charge in [-0.05, 0) is 153 Å². The molecule has 20 rings (SSSR count). The fraction of sp³-hybridized carbons (Fsp3) is 0.432. The number of carbonyl (C=O) groups excluding carboxylic acids is 10. The first-order valence-electron chi connectivity index (χ1n) is 46.0. The lowest BCUT2D eigenvalue weighted by molar-refractivity contribution is -0.121. The van der Waals surface area contributed by atoms with Crippen molar-refractivity contribution in [2.24, 2.45) is 23.7 Å². The zero-order valence-electron chi connectivity index (χ0n) is 78.2. The molecule has 8 aliphatic rings. The number of pyridine rings is 4. The summed E-state index contributed by atoms with van der Waals surface area (Å²) in [6.45, 7) is 21.9. The number of aryl methyl sites for hydroxylation is 4. The van der Waals surface area contributed by atoms with E-state index in [4.69, 9.17) is 21.1 Å². The summed E-state index contributed by atoms with van der Waals surface area (Å²) in [6.07, 6.45) is 36.2. The number of anilines is 7. The van der Waals surface area contributed by atoms with Gasteiger partial charge in [-0.2, -0.15) is 0 Å². The Morgan fingerprint density at radius 1 is 0.388 bits per heavy atom. The van der Waals surface area contributed by atoms with E-state index < -0.39 is 64.2 Å². The number of amides is 9. The highest BCUT2D eigenvalue weighted by Gasteiger charge is 2.44. The number of ether oxygens (including phenoxy) is 2. The van der Waals surface area contributed by atoms with Crippen molar-refractivity contribution >= 4 is 134 Å². The lowest BCUT2D eigenvalue weighted by Gasteiger charge is -2.29. The molecule has 15 heterocycles. The third kappa shape index (κ3) is 24.9. The SMILES string of the molecule is CC(C)(C)OC(=O)N(CC1CCCC1=O)C1CC1.Cc1cn2cc(NC(=O)c3cnc(Cl)cn3)cc(F)c2n1.Cc1cn2cc(NC(=O)c3cnc(N4CCC(CN(C(=O)OC(C)(C)C)C5CC5)C4=O)cn3)cc(F)c2n1.Cc1cn2cc(NC(=O)c3cnc(N4CCC(CNC5CC5)C4=O)cn3)cc(F)c2n1.Cc1cn2cc(NC(=O)c3cnc(N4CCC(CNC5CC5)C4=O)cn3)cc(F)c2n1. The maximum atomic E-state index is 14.3. The van der Waals surface area contributed by atoms with Gasteiger partial charge in [-0.25, -0.2) is 87.0 Å². The minimum absolute atomic E-state index is 0.0177. The summed E-state index contributed by atoms with van der Waals surface area (Å²) in [5, 5.41) is 17.4. The van der Waals surface area contributed by atoms with Gasteiger partial charge in [0, 0.05) is 156 Å². The predicted octanol–water partition coefficient (Wildman–Crippen LogP) is 12.7. The van der Waals surface area contributed by atoms with Crippen molar-refractivity contribution in [1.29, 1.82) is 0 Å². The van der Waals surface area contributed by atoms with Crippen LogP contribution in [0.4, 0.5) is 67.4 Å². The van der Waals surface area contributed by atoms with Crippen molar-refractivity contribution in [3.8, 4) is 0 Å². The van der Waals surface area contributed by atoms with Crippen LogP contribution in [0.1, 0.15) is 196 Å². The van der Waals surface area contributed by atoms with E-state index in [1.807, 2.05) is 41.5 Å². The van der Waals surface area contributed by atoms with Gasteiger partial charge >= 0.3 is 12.2 Å². The van der Waals surface area contributed by atoms with Gasteiger partial charge in [0.25, 0.3) is 23.6 Å². The van der Waals surface area contributed by atoms with Crippen LogP contribution in [0.3, 0.4) is 0 Å². The van der Waals surface area contributed by atoms with Crippen LogP contribution in [0.2, 0.25) is 5.15 Å². The number of rotatable bonds is 23. The minimum Gasteiger partial charge on any atom is -0.444 e. The topological polar surface area (TPSA) is 450 Å². The number of hydrogen-bond donors (Lipinski definition) is 6. The fourth-order valence-electron chi connectivity index (χ4n) is 16.3. The lowest BCUT2D eigenvalue weighted by Crippen LogP contribution is -2.42. The Hall–Kier alpha value is -14.5. The van der Waals surface area contributed by atoms with E-state index in [-0.39, 0.29) is 121 Å². The highest BCUT2D eigenvalue weighted by Crippen LogP contribution is 2.36. The maximum Gasteiger partial charge on any atom is 0.410 e. The molecular weight excluding hydrogens is 1820 g/mol. The first kappa shape index (κ1) is 97.6. The number of carbonyl (C=O) groups is 10. The summed E-state index contributed by atoms with van der Waals surface area (Å²) in [5.41, 5.74) is 3.70. The molecule has 0 aromatic carbocycles. The van der Waals surface area contributed by atoms with Crippen molar-refractivity contribution in [3.05, 3.63) is 197 Å². The van der Waals surface area contributed by atoms with Gasteiger partial charge in [0.15, 0.2) is 63.3 Å².